The standard InChI is InChI=1S/C7H5Cl2N3/c8-6-1-4-5(2-10-6)11-3-12-7(4)9/h1-3,6-7H. The molecule has 0 aromatic heterocycles. The number of aliphatic imine (C=N–C) groups is 3. The third kappa shape index (κ3) is 1.30. The Balaban J connectivity index is 2.40. The van der Waals surface area contributed by atoms with Gasteiger partial charge < -0.3 is 0 Å². The number of dihydropyridines is 1. The largest absolute Gasteiger partial charge is 0.267 e. The van der Waals surface area contributed by atoms with Crippen LogP contribution >= 0.6 is 23.2 Å². The minimum Gasteiger partial charge on any atom is -0.267 e. The lowest BCUT2D eigenvalue weighted by molar-refractivity contribution is 1.04. The van der Waals surface area contributed by atoms with Crippen LogP contribution in [0.3, 0.4) is 0 Å². The number of hydrogen-bond acceptors (Lipinski definition) is 3. The number of alkyl halides is 2. The third-order valence-corrected chi connectivity index (χ3v) is 2.19. The molecule has 0 aliphatic carbocycles. The van der Waals surface area contributed by atoms with Crippen molar-refractivity contribution >= 4 is 41.5 Å². The highest BCUT2D eigenvalue weighted by Gasteiger charge is 2.21. The second kappa shape index (κ2) is 2.99. The summed E-state index contributed by atoms with van der Waals surface area (Å²) >= 11 is 11.7. The zero-order chi connectivity index (χ0) is 8.55. The highest BCUT2D eigenvalue weighted by molar-refractivity contribution is 6.45. The summed E-state index contributed by atoms with van der Waals surface area (Å²) < 4.78 is 0. The van der Waals surface area contributed by atoms with Crippen molar-refractivity contribution in [3.05, 3.63) is 11.6 Å². The van der Waals surface area contributed by atoms with Crippen LogP contribution in [-0.2, 0) is 0 Å². The smallest absolute Gasteiger partial charge is 0.152 e. The van der Waals surface area contributed by atoms with Crippen LogP contribution in [0.4, 0.5) is 0 Å². The second-order valence-corrected chi connectivity index (χ2v) is 3.25. The first kappa shape index (κ1) is 7.95. The Morgan fingerprint density at radius 2 is 2.08 bits per heavy atom. The van der Waals surface area contributed by atoms with Gasteiger partial charge in [0.15, 0.2) is 5.50 Å². The van der Waals surface area contributed by atoms with Gasteiger partial charge in [0.1, 0.15) is 11.8 Å². The van der Waals surface area contributed by atoms with Gasteiger partial charge in [0.05, 0.1) is 5.71 Å². The summed E-state index contributed by atoms with van der Waals surface area (Å²) in [4.78, 5) is 11.9. The fourth-order valence-corrected chi connectivity index (χ4v) is 1.46. The lowest BCUT2D eigenvalue weighted by Gasteiger charge is -2.17. The summed E-state index contributed by atoms with van der Waals surface area (Å²) in [5, 5.41) is 0. The van der Waals surface area contributed by atoms with Gasteiger partial charge in [-0.2, -0.15) is 0 Å². The van der Waals surface area contributed by atoms with Gasteiger partial charge in [-0.05, 0) is 6.08 Å². The molecule has 12 heavy (non-hydrogen) atoms. The molecule has 0 saturated heterocycles. The average Bonchev–Trinajstić information content (AvgIpc) is 2.07. The van der Waals surface area contributed by atoms with Gasteiger partial charge in [0.25, 0.3) is 0 Å². The molecule has 2 aliphatic heterocycles. The van der Waals surface area contributed by atoms with Gasteiger partial charge in [0.2, 0.25) is 0 Å². The van der Waals surface area contributed by atoms with Crippen molar-refractivity contribution in [3.63, 3.8) is 0 Å². The first-order chi connectivity index (χ1) is 5.77. The molecule has 0 amide bonds. The minimum atomic E-state index is -0.370. The molecule has 0 aromatic rings. The first-order valence-electron chi connectivity index (χ1n) is 3.40. The van der Waals surface area contributed by atoms with E-state index in [0.717, 1.165) is 11.3 Å². The van der Waals surface area contributed by atoms with Crippen molar-refractivity contribution in [2.45, 2.75) is 11.0 Å². The Morgan fingerprint density at radius 3 is 2.92 bits per heavy atom. The number of nitrogens with zero attached hydrogens (tertiary/aromatic N) is 3. The molecule has 2 rings (SSSR count). The van der Waals surface area contributed by atoms with Gasteiger partial charge in [-0.3, -0.25) is 4.99 Å². The predicted molar refractivity (Wildman–Crippen MR) is 51.8 cm³/mol. The van der Waals surface area contributed by atoms with Crippen molar-refractivity contribution in [2.24, 2.45) is 15.0 Å². The van der Waals surface area contributed by atoms with Crippen molar-refractivity contribution in [1.82, 2.24) is 0 Å². The van der Waals surface area contributed by atoms with E-state index in [4.69, 9.17) is 23.2 Å². The number of fused-ring (bicyclic) bond motifs is 1. The molecule has 0 saturated carbocycles. The van der Waals surface area contributed by atoms with Crippen molar-refractivity contribution < 1.29 is 0 Å². The van der Waals surface area contributed by atoms with Gasteiger partial charge in [0, 0.05) is 11.8 Å². The van der Waals surface area contributed by atoms with Gasteiger partial charge in [-0.1, -0.05) is 23.2 Å². The quantitative estimate of drug-likeness (QED) is 0.422. The monoisotopic (exact) mass is 201 g/mol. The van der Waals surface area contributed by atoms with Crippen LogP contribution in [0.25, 0.3) is 0 Å². The topological polar surface area (TPSA) is 37.1 Å². The molecule has 0 fully saturated rings. The predicted octanol–water partition coefficient (Wildman–Crippen LogP) is 1.61. The van der Waals surface area contributed by atoms with E-state index in [1.165, 1.54) is 6.34 Å². The number of hydrogen-bond donors (Lipinski definition) is 0. The molecule has 62 valence electrons. The molecular formula is C7H5Cl2N3. The molecule has 0 N–H and O–H groups in total. The molecule has 0 bridgehead atoms. The van der Waals surface area contributed by atoms with E-state index < -0.39 is 0 Å². The third-order valence-electron chi connectivity index (χ3n) is 1.60. The molecule has 0 aromatic carbocycles. The van der Waals surface area contributed by atoms with E-state index in [0.29, 0.717) is 0 Å². The molecule has 2 aliphatic rings. The highest BCUT2D eigenvalue weighted by Crippen LogP contribution is 2.21. The van der Waals surface area contributed by atoms with Crippen LogP contribution < -0.4 is 0 Å². The summed E-state index contributed by atoms with van der Waals surface area (Å²) in [6.45, 7) is 0. The Bertz CT molecular complexity index is 317. The zero-order valence-corrected chi connectivity index (χ0v) is 7.50. The van der Waals surface area contributed by atoms with E-state index in [2.05, 4.69) is 15.0 Å². The van der Waals surface area contributed by atoms with Gasteiger partial charge in [-0.25, -0.2) is 9.98 Å². The summed E-state index contributed by atoms with van der Waals surface area (Å²) in [7, 11) is 0. The molecule has 0 radical (unpaired) electrons. The van der Waals surface area contributed by atoms with Crippen molar-refractivity contribution in [3.8, 4) is 0 Å². The molecule has 2 atom stereocenters. The number of halogens is 2. The first-order valence-corrected chi connectivity index (χ1v) is 4.27. The van der Waals surface area contributed by atoms with Crippen LogP contribution in [0.2, 0.25) is 0 Å². The Kier molecular flexibility index (Phi) is 1.98. The number of rotatable bonds is 0. The molecular weight excluding hydrogens is 197 g/mol. The molecule has 2 unspecified atom stereocenters. The summed E-state index contributed by atoms with van der Waals surface area (Å²) in [6, 6.07) is 0. The van der Waals surface area contributed by atoms with E-state index in [1.807, 2.05) is 0 Å². The van der Waals surface area contributed by atoms with Crippen LogP contribution in [0.15, 0.2) is 26.6 Å². The second-order valence-electron chi connectivity index (χ2n) is 2.39. The van der Waals surface area contributed by atoms with Gasteiger partial charge in [-0.15, -0.1) is 0 Å². The van der Waals surface area contributed by atoms with Crippen molar-refractivity contribution in [2.75, 3.05) is 0 Å². The maximum absolute atomic E-state index is 5.89. The zero-order valence-electron chi connectivity index (χ0n) is 5.98. The van der Waals surface area contributed by atoms with E-state index in [1.54, 1.807) is 12.3 Å². The van der Waals surface area contributed by atoms with Crippen LogP contribution in [0.5, 0.6) is 0 Å². The molecule has 5 heteroatoms. The van der Waals surface area contributed by atoms with Gasteiger partial charge >= 0.3 is 0 Å². The van der Waals surface area contributed by atoms with Crippen LogP contribution in [-0.4, -0.2) is 29.3 Å². The molecule has 3 nitrogen and oxygen atoms in total. The minimum absolute atomic E-state index is 0.339. The van der Waals surface area contributed by atoms with Crippen LogP contribution in [0.1, 0.15) is 0 Å². The maximum Gasteiger partial charge on any atom is 0.152 e. The average molecular weight is 202 g/mol. The fraction of sp³-hybridized carbons (Fsp3) is 0.286. The maximum atomic E-state index is 5.89. The normalized spacial score (nSPS) is 32.5. The van der Waals surface area contributed by atoms with Crippen molar-refractivity contribution in [1.29, 1.82) is 0 Å². The SMILES string of the molecule is ClC1C=C2C(=NC=NC2Cl)C=N1. The van der Waals surface area contributed by atoms with E-state index in [-0.39, 0.29) is 11.0 Å². The summed E-state index contributed by atoms with van der Waals surface area (Å²) in [5.41, 5.74) is 0.884. The Morgan fingerprint density at radius 1 is 1.25 bits per heavy atom. The fourth-order valence-electron chi connectivity index (χ4n) is 1.04. The Labute approximate surface area is 79.5 Å². The summed E-state index contributed by atoms with van der Waals surface area (Å²) in [6.07, 6.45) is 4.81. The lowest BCUT2D eigenvalue weighted by Crippen LogP contribution is -2.22. The lowest BCUT2D eigenvalue weighted by atomic mass is 10.1. The highest BCUT2D eigenvalue weighted by atomic mass is 35.5. The molecule has 0 spiro atoms. The van der Waals surface area contributed by atoms with E-state index >= 15 is 0 Å². The molecule has 2 heterocycles. The van der Waals surface area contributed by atoms with Crippen LogP contribution in [0, 0.1) is 0 Å². The summed E-state index contributed by atoms with van der Waals surface area (Å²) in [5.74, 6) is 0. The van der Waals surface area contributed by atoms with E-state index in [9.17, 15) is 0 Å². The Hall–Kier alpha value is -0.670.